The third kappa shape index (κ3) is 4.42. The van der Waals surface area contributed by atoms with Gasteiger partial charge < -0.3 is 9.64 Å². The summed E-state index contributed by atoms with van der Waals surface area (Å²) >= 11 is 1.55. The standard InChI is InChI=1S/C21H25N3O3S/c1-15-4-2-5-16(12-15)27-14-20(26)24-10-8-23(9-11-24)13-19-22-17-6-3-7-18(25)21(17)28-19/h2,4-5,12H,3,6-11,13-14H2,1H3. The molecule has 148 valence electrons. The van der Waals surface area contributed by atoms with Crippen LogP contribution in [0.15, 0.2) is 24.3 Å². The molecule has 0 spiro atoms. The highest BCUT2D eigenvalue weighted by Crippen LogP contribution is 2.27. The molecule has 0 unspecified atom stereocenters. The lowest BCUT2D eigenvalue weighted by Crippen LogP contribution is -2.49. The van der Waals surface area contributed by atoms with Gasteiger partial charge in [-0.25, -0.2) is 4.98 Å². The van der Waals surface area contributed by atoms with Crippen LogP contribution in [0, 0.1) is 6.92 Å². The second-order valence-corrected chi connectivity index (χ2v) is 8.51. The van der Waals surface area contributed by atoms with Gasteiger partial charge in [0, 0.05) is 32.6 Å². The zero-order valence-corrected chi connectivity index (χ0v) is 17.0. The Morgan fingerprint density at radius 1 is 1.21 bits per heavy atom. The van der Waals surface area contributed by atoms with Gasteiger partial charge >= 0.3 is 0 Å². The highest BCUT2D eigenvalue weighted by Gasteiger charge is 2.25. The largest absolute Gasteiger partial charge is 0.484 e. The van der Waals surface area contributed by atoms with E-state index in [2.05, 4.69) is 9.88 Å². The molecule has 6 nitrogen and oxygen atoms in total. The van der Waals surface area contributed by atoms with E-state index in [0.29, 0.717) is 19.5 Å². The van der Waals surface area contributed by atoms with E-state index >= 15 is 0 Å². The van der Waals surface area contributed by atoms with Crippen LogP contribution in [0.3, 0.4) is 0 Å². The summed E-state index contributed by atoms with van der Waals surface area (Å²) in [7, 11) is 0. The minimum Gasteiger partial charge on any atom is -0.484 e. The second-order valence-electron chi connectivity index (χ2n) is 7.42. The van der Waals surface area contributed by atoms with Crippen molar-refractivity contribution in [3.05, 3.63) is 45.4 Å². The molecule has 1 aliphatic heterocycles. The second kappa shape index (κ2) is 8.41. The summed E-state index contributed by atoms with van der Waals surface area (Å²) in [4.78, 5) is 34.1. The van der Waals surface area contributed by atoms with Crippen LogP contribution in [0.25, 0.3) is 0 Å². The third-order valence-electron chi connectivity index (χ3n) is 5.25. The number of benzene rings is 1. The molecule has 1 amide bonds. The Balaban J connectivity index is 1.25. The highest BCUT2D eigenvalue weighted by atomic mass is 32.1. The molecule has 2 aromatic rings. The molecule has 4 rings (SSSR count). The van der Waals surface area contributed by atoms with E-state index in [0.717, 1.165) is 59.4 Å². The van der Waals surface area contributed by atoms with E-state index in [-0.39, 0.29) is 18.3 Å². The zero-order valence-electron chi connectivity index (χ0n) is 16.1. The van der Waals surface area contributed by atoms with Gasteiger partial charge in [0.15, 0.2) is 12.4 Å². The number of fused-ring (bicyclic) bond motifs is 1. The summed E-state index contributed by atoms with van der Waals surface area (Å²) in [5.74, 6) is 1.000. The van der Waals surface area contributed by atoms with Crippen LogP contribution in [-0.2, 0) is 17.8 Å². The maximum atomic E-state index is 12.4. The lowest BCUT2D eigenvalue weighted by Gasteiger charge is -2.34. The molecule has 0 saturated carbocycles. The minimum absolute atomic E-state index is 0.0245. The average molecular weight is 400 g/mol. The molecular formula is C21H25N3O3S. The number of aryl methyl sites for hydroxylation is 2. The third-order valence-corrected chi connectivity index (χ3v) is 6.37. The first-order chi connectivity index (χ1) is 13.6. The van der Waals surface area contributed by atoms with Crippen LogP contribution in [0.5, 0.6) is 5.75 Å². The number of ketones is 1. The first-order valence-corrected chi connectivity index (χ1v) is 10.6. The van der Waals surface area contributed by atoms with Crippen molar-refractivity contribution in [2.24, 2.45) is 0 Å². The first-order valence-electron chi connectivity index (χ1n) is 9.80. The van der Waals surface area contributed by atoms with Gasteiger partial charge in [-0.1, -0.05) is 12.1 Å². The van der Waals surface area contributed by atoms with Crippen LogP contribution in [-0.4, -0.2) is 59.3 Å². The molecule has 0 atom stereocenters. The molecular weight excluding hydrogens is 374 g/mol. The smallest absolute Gasteiger partial charge is 0.260 e. The topological polar surface area (TPSA) is 62.7 Å². The Kier molecular flexibility index (Phi) is 5.73. The lowest BCUT2D eigenvalue weighted by molar-refractivity contribution is -0.135. The number of piperazine rings is 1. The zero-order chi connectivity index (χ0) is 19.5. The maximum Gasteiger partial charge on any atom is 0.260 e. The fourth-order valence-corrected chi connectivity index (χ4v) is 4.79. The van der Waals surface area contributed by atoms with Gasteiger partial charge in [0.05, 0.1) is 17.1 Å². The number of amides is 1. The monoisotopic (exact) mass is 399 g/mol. The van der Waals surface area contributed by atoms with Crippen molar-refractivity contribution in [3.8, 4) is 5.75 Å². The van der Waals surface area contributed by atoms with Crippen molar-refractivity contribution in [2.75, 3.05) is 32.8 Å². The van der Waals surface area contributed by atoms with E-state index in [4.69, 9.17) is 4.74 Å². The van der Waals surface area contributed by atoms with Crippen molar-refractivity contribution < 1.29 is 14.3 Å². The molecule has 1 aromatic heterocycles. The van der Waals surface area contributed by atoms with Gasteiger partial charge in [-0.2, -0.15) is 0 Å². The first kappa shape index (κ1) is 19.1. The number of hydrogen-bond donors (Lipinski definition) is 0. The normalized spacial score (nSPS) is 17.5. The molecule has 1 saturated heterocycles. The quantitative estimate of drug-likeness (QED) is 0.774. The van der Waals surface area contributed by atoms with Crippen molar-refractivity contribution in [1.29, 1.82) is 0 Å². The Bertz CT molecular complexity index is 872. The Morgan fingerprint density at radius 3 is 2.79 bits per heavy atom. The SMILES string of the molecule is Cc1cccc(OCC(=O)N2CCN(Cc3nc4c(s3)C(=O)CCC4)CC2)c1. The van der Waals surface area contributed by atoms with Gasteiger partial charge in [-0.3, -0.25) is 14.5 Å². The minimum atomic E-state index is 0.0245. The molecule has 28 heavy (non-hydrogen) atoms. The summed E-state index contributed by atoms with van der Waals surface area (Å²) in [6, 6.07) is 7.74. The number of ether oxygens (including phenoxy) is 1. The number of nitrogens with zero attached hydrogens (tertiary/aromatic N) is 3. The molecule has 0 N–H and O–H groups in total. The van der Waals surface area contributed by atoms with Crippen LogP contribution in [0.4, 0.5) is 0 Å². The van der Waals surface area contributed by atoms with Crippen LogP contribution < -0.4 is 4.74 Å². The molecule has 0 radical (unpaired) electrons. The van der Waals surface area contributed by atoms with Crippen LogP contribution >= 0.6 is 11.3 Å². The highest BCUT2D eigenvalue weighted by molar-refractivity contribution is 7.13. The Labute approximate surface area is 169 Å². The summed E-state index contributed by atoms with van der Waals surface area (Å²) in [5.41, 5.74) is 2.10. The summed E-state index contributed by atoms with van der Waals surface area (Å²) < 4.78 is 5.64. The lowest BCUT2D eigenvalue weighted by atomic mass is 10.0. The van der Waals surface area contributed by atoms with Crippen molar-refractivity contribution >= 4 is 23.0 Å². The Morgan fingerprint density at radius 2 is 2.04 bits per heavy atom. The summed E-state index contributed by atoms with van der Waals surface area (Å²) in [5, 5.41) is 1.02. The van der Waals surface area contributed by atoms with Crippen molar-refractivity contribution in [2.45, 2.75) is 32.7 Å². The van der Waals surface area contributed by atoms with Crippen LogP contribution in [0.2, 0.25) is 0 Å². The van der Waals surface area contributed by atoms with Crippen LogP contribution in [0.1, 0.15) is 38.8 Å². The predicted molar refractivity (Wildman–Crippen MR) is 108 cm³/mol. The fraction of sp³-hybridized carbons (Fsp3) is 0.476. The molecule has 2 aliphatic rings. The number of carbonyl (C=O) groups excluding carboxylic acids is 2. The fourth-order valence-electron chi connectivity index (χ4n) is 3.67. The van der Waals surface area contributed by atoms with E-state index in [1.807, 2.05) is 36.1 Å². The van der Waals surface area contributed by atoms with Crippen molar-refractivity contribution in [3.63, 3.8) is 0 Å². The number of aromatic nitrogens is 1. The van der Waals surface area contributed by atoms with Crippen molar-refractivity contribution in [1.82, 2.24) is 14.8 Å². The van der Waals surface area contributed by atoms with Gasteiger partial charge in [0.2, 0.25) is 0 Å². The van der Waals surface area contributed by atoms with Gasteiger partial charge in [-0.05, 0) is 37.5 Å². The number of Topliss-reactive ketones (excluding diaryl/α,β-unsaturated/α-hetero) is 1. The number of carbonyl (C=O) groups is 2. The summed E-state index contributed by atoms with van der Waals surface area (Å²) in [6.07, 6.45) is 2.49. The molecule has 1 aliphatic carbocycles. The molecule has 7 heteroatoms. The molecule has 1 aromatic carbocycles. The molecule has 1 fully saturated rings. The number of thiazole rings is 1. The molecule has 2 heterocycles. The summed E-state index contributed by atoms with van der Waals surface area (Å²) in [6.45, 7) is 5.85. The van der Waals surface area contributed by atoms with E-state index < -0.39 is 0 Å². The number of hydrogen-bond acceptors (Lipinski definition) is 6. The van der Waals surface area contributed by atoms with Gasteiger partial charge in [0.1, 0.15) is 10.8 Å². The number of rotatable bonds is 5. The Hall–Kier alpha value is -2.25. The van der Waals surface area contributed by atoms with E-state index in [1.54, 1.807) is 11.3 Å². The van der Waals surface area contributed by atoms with E-state index in [1.165, 1.54) is 0 Å². The van der Waals surface area contributed by atoms with E-state index in [9.17, 15) is 9.59 Å². The molecule has 0 bridgehead atoms. The average Bonchev–Trinajstić information content (AvgIpc) is 3.11. The van der Waals surface area contributed by atoms with Gasteiger partial charge in [-0.15, -0.1) is 11.3 Å². The van der Waals surface area contributed by atoms with Gasteiger partial charge in [0.25, 0.3) is 5.91 Å². The predicted octanol–water partition coefficient (Wildman–Crippen LogP) is 2.69. The maximum absolute atomic E-state index is 12.4.